The van der Waals surface area contributed by atoms with Crippen LogP contribution >= 0.6 is 0 Å². The van der Waals surface area contributed by atoms with E-state index < -0.39 is 0 Å². The van der Waals surface area contributed by atoms with Gasteiger partial charge in [-0.05, 0) is 44.0 Å². The van der Waals surface area contributed by atoms with Crippen LogP contribution in [0.25, 0.3) is 0 Å². The summed E-state index contributed by atoms with van der Waals surface area (Å²) in [6.07, 6.45) is 1.82. The zero-order valence-electron chi connectivity index (χ0n) is 13.1. The van der Waals surface area contributed by atoms with Gasteiger partial charge in [-0.2, -0.15) is 4.98 Å². The maximum Gasteiger partial charge on any atom is 0.254 e. The third kappa shape index (κ3) is 2.68. The lowest BCUT2D eigenvalue weighted by molar-refractivity contribution is 0.0710. The summed E-state index contributed by atoms with van der Waals surface area (Å²) in [4.78, 5) is 20.9. The highest BCUT2D eigenvalue weighted by molar-refractivity contribution is 5.95. The molecule has 1 aromatic heterocycles. The number of carbonyl (C=O) groups is 1. The molecule has 1 aromatic carbocycles. The molecule has 2 aromatic rings. The molecule has 0 saturated carbocycles. The van der Waals surface area contributed by atoms with E-state index in [0.717, 1.165) is 25.1 Å². The zero-order valence-corrected chi connectivity index (χ0v) is 13.1. The topological polar surface area (TPSA) is 62.5 Å². The number of hydrogen-bond donors (Lipinski definition) is 0. The third-order valence-corrected chi connectivity index (χ3v) is 3.97. The number of carbonyl (C=O) groups excluding carboxylic acids is 1. The average Bonchev–Trinajstić information content (AvgIpc) is 3.15. The van der Waals surface area contributed by atoms with Crippen LogP contribution in [0.4, 0.5) is 5.69 Å². The molecule has 22 heavy (non-hydrogen) atoms. The van der Waals surface area contributed by atoms with Crippen LogP contribution in [-0.2, 0) is 0 Å². The van der Waals surface area contributed by atoms with Crippen molar-refractivity contribution in [1.29, 1.82) is 0 Å². The van der Waals surface area contributed by atoms with Crippen molar-refractivity contribution in [3.63, 3.8) is 0 Å². The highest BCUT2D eigenvalue weighted by Gasteiger charge is 2.34. The van der Waals surface area contributed by atoms with Crippen LogP contribution in [0.5, 0.6) is 0 Å². The van der Waals surface area contributed by atoms with E-state index in [1.54, 1.807) is 6.92 Å². The first-order valence-corrected chi connectivity index (χ1v) is 7.45. The Hall–Kier alpha value is -2.37. The maximum absolute atomic E-state index is 12.7. The molecule has 0 radical (unpaired) electrons. The van der Waals surface area contributed by atoms with Gasteiger partial charge in [-0.1, -0.05) is 5.16 Å². The second kappa shape index (κ2) is 5.79. The minimum Gasteiger partial charge on any atom is -0.378 e. The van der Waals surface area contributed by atoms with Gasteiger partial charge in [0.1, 0.15) is 6.04 Å². The van der Waals surface area contributed by atoms with Crippen molar-refractivity contribution in [2.24, 2.45) is 0 Å². The van der Waals surface area contributed by atoms with Gasteiger partial charge in [-0.25, -0.2) is 0 Å². The molecule has 6 heteroatoms. The van der Waals surface area contributed by atoms with E-state index in [4.69, 9.17) is 4.52 Å². The normalized spacial score (nSPS) is 17.8. The Bertz CT molecular complexity index is 663. The lowest BCUT2D eigenvalue weighted by atomic mass is 10.1. The summed E-state index contributed by atoms with van der Waals surface area (Å²) in [5, 5.41) is 3.83. The Balaban J connectivity index is 1.81. The number of rotatable bonds is 3. The first kappa shape index (κ1) is 14.6. The fraction of sp³-hybridized carbons (Fsp3) is 0.438. The van der Waals surface area contributed by atoms with Crippen LogP contribution in [0.15, 0.2) is 28.8 Å². The number of amides is 1. The van der Waals surface area contributed by atoms with Gasteiger partial charge in [0.15, 0.2) is 5.82 Å². The molecule has 116 valence electrons. The number of aromatic nitrogens is 2. The predicted octanol–water partition coefficient (Wildman–Crippen LogP) is 2.42. The number of hydrogen-bond acceptors (Lipinski definition) is 5. The van der Waals surface area contributed by atoms with Crippen LogP contribution < -0.4 is 4.90 Å². The highest BCUT2D eigenvalue weighted by Crippen LogP contribution is 2.32. The second-order valence-electron chi connectivity index (χ2n) is 5.78. The summed E-state index contributed by atoms with van der Waals surface area (Å²) in [6, 6.07) is 7.53. The number of likely N-dealkylation sites (tertiary alicyclic amines) is 1. The molecule has 2 heterocycles. The smallest absolute Gasteiger partial charge is 0.254 e. The van der Waals surface area contributed by atoms with E-state index >= 15 is 0 Å². The maximum atomic E-state index is 12.7. The molecule has 0 spiro atoms. The van der Waals surface area contributed by atoms with E-state index in [1.165, 1.54) is 0 Å². The third-order valence-electron chi connectivity index (χ3n) is 3.97. The van der Waals surface area contributed by atoms with Crippen LogP contribution in [0.1, 0.15) is 41.0 Å². The van der Waals surface area contributed by atoms with Crippen molar-refractivity contribution in [2.45, 2.75) is 25.8 Å². The molecule has 1 amide bonds. The molecule has 0 aliphatic carbocycles. The lowest BCUT2D eigenvalue weighted by Crippen LogP contribution is -2.30. The number of aryl methyl sites for hydroxylation is 1. The quantitative estimate of drug-likeness (QED) is 0.871. The summed E-state index contributed by atoms with van der Waals surface area (Å²) in [7, 11) is 3.95. The lowest BCUT2D eigenvalue weighted by Gasteiger charge is -2.22. The number of anilines is 1. The molecule has 0 N–H and O–H groups in total. The summed E-state index contributed by atoms with van der Waals surface area (Å²) in [5.41, 5.74) is 1.76. The van der Waals surface area contributed by atoms with Gasteiger partial charge >= 0.3 is 0 Å². The summed E-state index contributed by atoms with van der Waals surface area (Å²) >= 11 is 0. The van der Waals surface area contributed by atoms with Crippen molar-refractivity contribution in [1.82, 2.24) is 15.0 Å². The van der Waals surface area contributed by atoms with E-state index in [0.29, 0.717) is 17.3 Å². The van der Waals surface area contributed by atoms with Crippen LogP contribution in [0, 0.1) is 6.92 Å². The summed E-state index contributed by atoms with van der Waals surface area (Å²) in [5.74, 6) is 1.15. The van der Waals surface area contributed by atoms with Crippen molar-refractivity contribution in [3.05, 3.63) is 41.5 Å². The molecule has 1 fully saturated rings. The van der Waals surface area contributed by atoms with Gasteiger partial charge in [-0.3, -0.25) is 4.79 Å². The van der Waals surface area contributed by atoms with E-state index in [9.17, 15) is 4.79 Å². The second-order valence-corrected chi connectivity index (χ2v) is 5.78. The van der Waals surface area contributed by atoms with Gasteiger partial charge < -0.3 is 14.3 Å². The standard InChI is InChI=1S/C16H20N4O2/c1-11-17-15(22-18-11)14-5-4-10-20(14)16(21)12-6-8-13(9-7-12)19(2)3/h6-9,14H,4-5,10H2,1-3H3. The Labute approximate surface area is 129 Å². The van der Waals surface area contributed by atoms with Crippen LogP contribution in [0.2, 0.25) is 0 Å². The monoisotopic (exact) mass is 300 g/mol. The minimum atomic E-state index is -0.109. The fourth-order valence-corrected chi connectivity index (χ4v) is 2.78. The molecule has 1 atom stereocenters. The molecule has 0 bridgehead atoms. The van der Waals surface area contributed by atoms with E-state index in [-0.39, 0.29) is 11.9 Å². The van der Waals surface area contributed by atoms with E-state index in [2.05, 4.69) is 10.1 Å². The average molecular weight is 300 g/mol. The Morgan fingerprint density at radius 3 is 2.64 bits per heavy atom. The predicted molar refractivity (Wildman–Crippen MR) is 82.8 cm³/mol. The first-order chi connectivity index (χ1) is 10.6. The van der Waals surface area contributed by atoms with Crippen LogP contribution in [-0.4, -0.2) is 41.6 Å². The van der Waals surface area contributed by atoms with Gasteiger partial charge in [0.2, 0.25) is 5.89 Å². The van der Waals surface area contributed by atoms with Crippen molar-refractivity contribution < 1.29 is 9.32 Å². The summed E-state index contributed by atoms with van der Waals surface area (Å²) in [6.45, 7) is 2.51. The molecule has 3 rings (SSSR count). The minimum absolute atomic E-state index is 0.0173. The van der Waals surface area contributed by atoms with Crippen molar-refractivity contribution in [2.75, 3.05) is 25.5 Å². The molecule has 1 saturated heterocycles. The Morgan fingerprint density at radius 2 is 2.05 bits per heavy atom. The zero-order chi connectivity index (χ0) is 15.7. The fourth-order valence-electron chi connectivity index (χ4n) is 2.78. The van der Waals surface area contributed by atoms with Gasteiger partial charge in [0.05, 0.1) is 0 Å². The molecule has 6 nitrogen and oxygen atoms in total. The van der Waals surface area contributed by atoms with E-state index in [1.807, 2.05) is 48.2 Å². The molecule has 1 aliphatic heterocycles. The van der Waals surface area contributed by atoms with Gasteiger partial charge in [-0.15, -0.1) is 0 Å². The molecular formula is C16H20N4O2. The SMILES string of the molecule is Cc1noc(C2CCCN2C(=O)c2ccc(N(C)C)cc2)n1. The number of nitrogens with zero attached hydrogens (tertiary/aromatic N) is 4. The largest absolute Gasteiger partial charge is 0.378 e. The Kier molecular flexibility index (Phi) is 3.83. The number of benzene rings is 1. The first-order valence-electron chi connectivity index (χ1n) is 7.45. The highest BCUT2D eigenvalue weighted by atomic mass is 16.5. The molecule has 1 unspecified atom stereocenters. The van der Waals surface area contributed by atoms with Crippen molar-refractivity contribution >= 4 is 11.6 Å². The summed E-state index contributed by atoms with van der Waals surface area (Å²) < 4.78 is 5.25. The molecular weight excluding hydrogens is 280 g/mol. The molecule has 1 aliphatic rings. The van der Waals surface area contributed by atoms with Crippen molar-refractivity contribution in [3.8, 4) is 0 Å². The van der Waals surface area contributed by atoms with Gasteiger partial charge in [0.25, 0.3) is 5.91 Å². The Morgan fingerprint density at radius 1 is 1.32 bits per heavy atom. The van der Waals surface area contributed by atoms with Gasteiger partial charge in [0, 0.05) is 31.9 Å². The van der Waals surface area contributed by atoms with Crippen LogP contribution in [0.3, 0.4) is 0 Å².